The Balaban J connectivity index is 0.000000140. The molecule has 0 atom stereocenters. The maximum atomic E-state index is 10.5. The van der Waals surface area contributed by atoms with Crippen LogP contribution in [0.25, 0.3) is 0 Å². The average molecular weight is 196 g/mol. The van der Waals surface area contributed by atoms with Crippen LogP contribution < -0.4 is 0 Å². The molecule has 0 spiro atoms. The average Bonchev–Trinajstić information content (AvgIpc) is 2.21. The Morgan fingerprint density at radius 2 is 1.57 bits per heavy atom. The fourth-order valence-corrected chi connectivity index (χ4v) is 1.77. The number of aliphatic hydroxyl groups excluding tert-OH is 1. The van der Waals surface area contributed by atoms with E-state index in [1.165, 1.54) is 19.3 Å². The van der Waals surface area contributed by atoms with E-state index in [4.69, 9.17) is 5.11 Å². The Morgan fingerprint density at radius 1 is 0.929 bits per heavy atom. The number of allylic oxidation sites excluding steroid dienone is 2. The Morgan fingerprint density at radius 3 is 1.86 bits per heavy atom. The number of carbonyl (C=O) groups is 1. The summed E-state index contributed by atoms with van der Waals surface area (Å²) < 4.78 is 0. The van der Waals surface area contributed by atoms with Crippen LogP contribution in [-0.2, 0) is 4.79 Å². The van der Waals surface area contributed by atoms with Crippen LogP contribution in [0.1, 0.15) is 57.8 Å². The highest BCUT2D eigenvalue weighted by molar-refractivity contribution is 5.78. The SMILES string of the molecule is O=C1CCCCC1.OC1=CCCCC1. The molecule has 0 bridgehead atoms. The highest BCUT2D eigenvalue weighted by Gasteiger charge is 2.05. The van der Waals surface area contributed by atoms with Gasteiger partial charge in [-0.25, -0.2) is 0 Å². The largest absolute Gasteiger partial charge is 0.513 e. The molecule has 2 aliphatic carbocycles. The highest BCUT2D eigenvalue weighted by atomic mass is 16.3. The van der Waals surface area contributed by atoms with Gasteiger partial charge < -0.3 is 5.11 Å². The molecule has 0 heterocycles. The minimum Gasteiger partial charge on any atom is -0.513 e. The number of Topliss-reactive ketones (excluding diaryl/α,β-unsaturated/α-hetero) is 1. The molecule has 2 nitrogen and oxygen atoms in total. The monoisotopic (exact) mass is 196 g/mol. The second-order valence-corrected chi connectivity index (χ2v) is 4.04. The van der Waals surface area contributed by atoms with Gasteiger partial charge >= 0.3 is 0 Å². The van der Waals surface area contributed by atoms with Crippen LogP contribution in [0.3, 0.4) is 0 Å². The Labute approximate surface area is 86.0 Å². The molecule has 0 aliphatic heterocycles. The zero-order chi connectivity index (χ0) is 10.2. The first kappa shape index (κ1) is 11.3. The van der Waals surface area contributed by atoms with Crippen molar-refractivity contribution < 1.29 is 9.90 Å². The van der Waals surface area contributed by atoms with Gasteiger partial charge in [-0.2, -0.15) is 0 Å². The van der Waals surface area contributed by atoms with E-state index in [0.29, 0.717) is 11.5 Å². The molecule has 0 aromatic heterocycles. The summed E-state index contributed by atoms with van der Waals surface area (Å²) >= 11 is 0. The van der Waals surface area contributed by atoms with Crippen molar-refractivity contribution in [3.8, 4) is 0 Å². The summed E-state index contributed by atoms with van der Waals surface area (Å²) in [5.74, 6) is 1.05. The highest BCUT2D eigenvalue weighted by Crippen LogP contribution is 2.13. The van der Waals surface area contributed by atoms with Gasteiger partial charge in [0.25, 0.3) is 0 Å². The minimum atomic E-state index is 0.464. The summed E-state index contributed by atoms with van der Waals surface area (Å²) in [5, 5.41) is 8.77. The molecule has 1 fully saturated rings. The summed E-state index contributed by atoms with van der Waals surface area (Å²) in [6, 6.07) is 0. The fourth-order valence-electron chi connectivity index (χ4n) is 1.77. The molecule has 0 radical (unpaired) electrons. The molecular formula is C12H20O2. The predicted octanol–water partition coefficient (Wildman–Crippen LogP) is 3.52. The van der Waals surface area contributed by atoms with E-state index in [1.54, 1.807) is 0 Å². The molecule has 1 N–H and O–H groups in total. The lowest BCUT2D eigenvalue weighted by Crippen LogP contribution is -2.02. The van der Waals surface area contributed by atoms with Crippen LogP contribution in [0.15, 0.2) is 11.8 Å². The van der Waals surface area contributed by atoms with Crippen LogP contribution in [0.5, 0.6) is 0 Å². The van der Waals surface area contributed by atoms with Gasteiger partial charge in [0, 0.05) is 19.3 Å². The Hall–Kier alpha value is -0.790. The molecule has 0 unspecified atom stereocenters. The lowest BCUT2D eigenvalue weighted by Gasteiger charge is -2.05. The molecule has 0 amide bonds. The van der Waals surface area contributed by atoms with E-state index in [2.05, 4.69) is 0 Å². The maximum absolute atomic E-state index is 10.5. The zero-order valence-electron chi connectivity index (χ0n) is 8.80. The van der Waals surface area contributed by atoms with E-state index >= 15 is 0 Å². The first-order valence-corrected chi connectivity index (χ1v) is 5.69. The van der Waals surface area contributed by atoms with Crippen LogP contribution in [0, 0.1) is 0 Å². The summed E-state index contributed by atoms with van der Waals surface area (Å²) in [5.41, 5.74) is 0. The molecule has 2 heteroatoms. The van der Waals surface area contributed by atoms with Crippen LogP contribution in [0.2, 0.25) is 0 Å². The Kier molecular flexibility index (Phi) is 5.35. The van der Waals surface area contributed by atoms with Crippen molar-refractivity contribution in [2.45, 2.75) is 57.8 Å². The van der Waals surface area contributed by atoms with Gasteiger partial charge in [-0.3, -0.25) is 4.79 Å². The lowest BCUT2D eigenvalue weighted by molar-refractivity contribution is -0.120. The van der Waals surface area contributed by atoms with Gasteiger partial charge in [0.1, 0.15) is 5.78 Å². The summed E-state index contributed by atoms with van der Waals surface area (Å²) in [6.45, 7) is 0. The molecule has 14 heavy (non-hydrogen) atoms. The molecule has 0 aromatic rings. The fraction of sp³-hybridized carbons (Fsp3) is 0.750. The standard InChI is InChI=1S/2C6H10O/c2*7-6-4-2-1-3-5-6/h1-5H2;4,7H,1-3,5H2. The molecule has 80 valence electrons. The number of hydrogen-bond donors (Lipinski definition) is 1. The first-order valence-electron chi connectivity index (χ1n) is 5.69. The second-order valence-electron chi connectivity index (χ2n) is 4.04. The predicted molar refractivity (Wildman–Crippen MR) is 57.3 cm³/mol. The molecular weight excluding hydrogens is 176 g/mol. The van der Waals surface area contributed by atoms with Crippen LogP contribution in [0.4, 0.5) is 0 Å². The molecule has 0 saturated heterocycles. The van der Waals surface area contributed by atoms with Crippen LogP contribution in [-0.4, -0.2) is 10.9 Å². The number of ketones is 1. The van der Waals surface area contributed by atoms with Gasteiger partial charge in [-0.1, -0.05) is 6.42 Å². The topological polar surface area (TPSA) is 37.3 Å². The van der Waals surface area contributed by atoms with E-state index in [1.807, 2.05) is 6.08 Å². The second kappa shape index (κ2) is 6.63. The van der Waals surface area contributed by atoms with Crippen molar-refractivity contribution in [1.29, 1.82) is 0 Å². The number of hydrogen-bond acceptors (Lipinski definition) is 2. The smallest absolute Gasteiger partial charge is 0.132 e. The van der Waals surface area contributed by atoms with E-state index in [-0.39, 0.29) is 0 Å². The molecule has 1 saturated carbocycles. The van der Waals surface area contributed by atoms with Gasteiger partial charge in [-0.15, -0.1) is 0 Å². The minimum absolute atomic E-state index is 0.464. The van der Waals surface area contributed by atoms with Gasteiger partial charge in [0.15, 0.2) is 0 Å². The van der Waals surface area contributed by atoms with E-state index in [0.717, 1.165) is 38.5 Å². The first-order chi connectivity index (χ1) is 6.79. The van der Waals surface area contributed by atoms with Crippen molar-refractivity contribution in [3.05, 3.63) is 11.8 Å². The van der Waals surface area contributed by atoms with Gasteiger partial charge in [-0.05, 0) is 38.2 Å². The van der Waals surface area contributed by atoms with Crippen molar-refractivity contribution in [2.24, 2.45) is 0 Å². The number of aliphatic hydroxyl groups is 1. The van der Waals surface area contributed by atoms with E-state index < -0.39 is 0 Å². The number of rotatable bonds is 0. The van der Waals surface area contributed by atoms with Crippen LogP contribution >= 0.6 is 0 Å². The summed E-state index contributed by atoms with van der Waals surface area (Å²) in [6.07, 6.45) is 11.5. The van der Waals surface area contributed by atoms with E-state index in [9.17, 15) is 4.79 Å². The summed E-state index contributed by atoms with van der Waals surface area (Å²) in [4.78, 5) is 10.5. The molecule has 0 aromatic carbocycles. The summed E-state index contributed by atoms with van der Waals surface area (Å²) in [7, 11) is 0. The van der Waals surface area contributed by atoms with Crippen molar-refractivity contribution in [3.63, 3.8) is 0 Å². The quantitative estimate of drug-likeness (QED) is 0.643. The third kappa shape index (κ3) is 5.05. The van der Waals surface area contributed by atoms with Gasteiger partial charge in [0.05, 0.1) is 5.76 Å². The Bertz CT molecular complexity index is 198. The normalized spacial score (nSPS) is 22.0. The lowest BCUT2D eigenvalue weighted by atomic mass is 10.00. The molecule has 2 aliphatic rings. The third-order valence-electron chi connectivity index (χ3n) is 2.68. The third-order valence-corrected chi connectivity index (χ3v) is 2.68. The maximum Gasteiger partial charge on any atom is 0.132 e. The van der Waals surface area contributed by atoms with Crippen molar-refractivity contribution in [1.82, 2.24) is 0 Å². The van der Waals surface area contributed by atoms with Crippen molar-refractivity contribution in [2.75, 3.05) is 0 Å². The number of carbonyl (C=O) groups excluding carboxylic acids is 1. The molecule has 2 rings (SSSR count). The van der Waals surface area contributed by atoms with Gasteiger partial charge in [0.2, 0.25) is 0 Å². The zero-order valence-corrected chi connectivity index (χ0v) is 8.80. The van der Waals surface area contributed by atoms with Crippen molar-refractivity contribution >= 4 is 5.78 Å².